The van der Waals surface area contributed by atoms with E-state index in [2.05, 4.69) is 10.2 Å². The summed E-state index contributed by atoms with van der Waals surface area (Å²) in [5, 5.41) is 18.9. The lowest BCUT2D eigenvalue weighted by atomic mass is 10.1. The molecule has 26 heavy (non-hydrogen) atoms. The molecule has 0 N–H and O–H groups in total. The lowest BCUT2D eigenvalue weighted by Gasteiger charge is -2.32. The highest BCUT2D eigenvalue weighted by molar-refractivity contribution is 5.98. The molecule has 1 aromatic heterocycles. The van der Waals surface area contributed by atoms with Crippen LogP contribution in [-0.2, 0) is 0 Å². The molecule has 1 aromatic carbocycles. The fourth-order valence-corrected chi connectivity index (χ4v) is 2.85. The first kappa shape index (κ1) is 17.6. The Kier molecular flexibility index (Phi) is 5.26. The minimum Gasteiger partial charge on any atom is -0.480 e. The maximum atomic E-state index is 12.7. The van der Waals surface area contributed by atoms with Crippen molar-refractivity contribution in [2.24, 2.45) is 0 Å². The molecule has 0 saturated carbocycles. The van der Waals surface area contributed by atoms with Crippen molar-refractivity contribution in [3.8, 4) is 11.8 Å². The highest BCUT2D eigenvalue weighted by Crippen LogP contribution is 2.23. The Morgan fingerprint density at radius 1 is 1.23 bits per heavy atom. The molecular formula is C17H18N4O5. The van der Waals surface area contributed by atoms with Crippen LogP contribution in [0.3, 0.4) is 0 Å². The largest absolute Gasteiger partial charge is 0.480 e. The Bertz CT molecular complexity index is 796. The number of nitro benzene ring substituents is 1. The van der Waals surface area contributed by atoms with Crippen molar-refractivity contribution in [1.82, 2.24) is 15.1 Å². The SMILES string of the molecule is COc1ccc(OC2CCCN(C(=O)c3ccccc3[N+](=O)[O-])C2)nn1. The van der Waals surface area contributed by atoms with Gasteiger partial charge in [-0.2, -0.15) is 0 Å². The third-order valence-electron chi connectivity index (χ3n) is 4.11. The van der Waals surface area contributed by atoms with Crippen LogP contribution in [0.5, 0.6) is 11.8 Å². The third kappa shape index (κ3) is 3.88. The molecule has 2 heterocycles. The number of nitro groups is 1. The molecule has 1 atom stereocenters. The van der Waals surface area contributed by atoms with Gasteiger partial charge in [-0.1, -0.05) is 12.1 Å². The molecule has 1 aliphatic heterocycles. The van der Waals surface area contributed by atoms with Gasteiger partial charge >= 0.3 is 0 Å². The molecule has 9 heteroatoms. The number of carbonyl (C=O) groups excluding carboxylic acids is 1. The number of benzene rings is 1. The maximum absolute atomic E-state index is 12.7. The summed E-state index contributed by atoms with van der Waals surface area (Å²) in [5.74, 6) is 0.358. The summed E-state index contributed by atoms with van der Waals surface area (Å²) in [6.45, 7) is 0.859. The summed E-state index contributed by atoms with van der Waals surface area (Å²) in [6, 6.07) is 9.25. The predicted molar refractivity (Wildman–Crippen MR) is 91.2 cm³/mol. The number of amides is 1. The van der Waals surface area contributed by atoms with Crippen LogP contribution in [0.15, 0.2) is 36.4 Å². The summed E-state index contributed by atoms with van der Waals surface area (Å²) >= 11 is 0. The van der Waals surface area contributed by atoms with Crippen LogP contribution in [0.1, 0.15) is 23.2 Å². The van der Waals surface area contributed by atoms with Gasteiger partial charge < -0.3 is 14.4 Å². The van der Waals surface area contributed by atoms with Crippen molar-refractivity contribution in [3.63, 3.8) is 0 Å². The van der Waals surface area contributed by atoms with Gasteiger partial charge in [-0.25, -0.2) is 0 Å². The number of hydrogen-bond acceptors (Lipinski definition) is 7. The van der Waals surface area contributed by atoms with Gasteiger partial charge in [-0.15, -0.1) is 10.2 Å². The first-order chi connectivity index (χ1) is 12.6. The molecule has 1 amide bonds. The first-order valence-electron chi connectivity index (χ1n) is 8.15. The van der Waals surface area contributed by atoms with Gasteiger partial charge in [0.15, 0.2) is 0 Å². The summed E-state index contributed by atoms with van der Waals surface area (Å²) in [7, 11) is 1.50. The zero-order valence-electron chi connectivity index (χ0n) is 14.2. The summed E-state index contributed by atoms with van der Waals surface area (Å²) in [6.07, 6.45) is 1.24. The number of piperidine rings is 1. The van der Waals surface area contributed by atoms with Crippen LogP contribution in [0.2, 0.25) is 0 Å². The number of ether oxygens (including phenoxy) is 2. The second-order valence-electron chi connectivity index (χ2n) is 5.82. The Morgan fingerprint density at radius 2 is 1.96 bits per heavy atom. The number of para-hydroxylation sites is 1. The monoisotopic (exact) mass is 358 g/mol. The van der Waals surface area contributed by atoms with Crippen LogP contribution in [0.4, 0.5) is 5.69 Å². The lowest BCUT2D eigenvalue weighted by Crippen LogP contribution is -2.44. The number of nitrogens with zero attached hydrogens (tertiary/aromatic N) is 4. The van der Waals surface area contributed by atoms with E-state index in [4.69, 9.17) is 9.47 Å². The number of likely N-dealkylation sites (tertiary alicyclic amines) is 1. The van der Waals surface area contributed by atoms with Gasteiger partial charge in [0.1, 0.15) is 11.7 Å². The molecule has 1 saturated heterocycles. The molecular weight excluding hydrogens is 340 g/mol. The fraction of sp³-hybridized carbons (Fsp3) is 0.353. The maximum Gasteiger partial charge on any atom is 0.282 e. The molecule has 0 radical (unpaired) electrons. The van der Waals surface area contributed by atoms with E-state index in [9.17, 15) is 14.9 Å². The molecule has 1 unspecified atom stereocenters. The van der Waals surface area contributed by atoms with Gasteiger partial charge in [0.05, 0.1) is 18.6 Å². The quantitative estimate of drug-likeness (QED) is 0.595. The second-order valence-corrected chi connectivity index (χ2v) is 5.82. The van der Waals surface area contributed by atoms with Gasteiger partial charge in [0.2, 0.25) is 11.8 Å². The highest BCUT2D eigenvalue weighted by atomic mass is 16.6. The molecule has 2 aromatic rings. The van der Waals surface area contributed by atoms with Crippen molar-refractivity contribution in [2.75, 3.05) is 20.2 Å². The van der Waals surface area contributed by atoms with Crippen molar-refractivity contribution in [1.29, 1.82) is 0 Å². The normalized spacial score (nSPS) is 16.8. The highest BCUT2D eigenvalue weighted by Gasteiger charge is 2.29. The van der Waals surface area contributed by atoms with Gasteiger partial charge in [-0.3, -0.25) is 14.9 Å². The van der Waals surface area contributed by atoms with Crippen LogP contribution < -0.4 is 9.47 Å². The van der Waals surface area contributed by atoms with E-state index < -0.39 is 4.92 Å². The summed E-state index contributed by atoms with van der Waals surface area (Å²) in [4.78, 5) is 24.9. The molecule has 0 spiro atoms. The average Bonchev–Trinajstić information content (AvgIpc) is 2.68. The molecule has 0 bridgehead atoms. The van der Waals surface area contributed by atoms with E-state index in [-0.39, 0.29) is 23.3 Å². The molecule has 1 fully saturated rings. The second kappa shape index (κ2) is 7.77. The zero-order chi connectivity index (χ0) is 18.5. The van der Waals surface area contributed by atoms with Gasteiger partial charge in [0, 0.05) is 24.7 Å². The summed E-state index contributed by atoms with van der Waals surface area (Å²) < 4.78 is 10.7. The van der Waals surface area contributed by atoms with E-state index in [1.807, 2.05) is 0 Å². The van der Waals surface area contributed by atoms with Crippen LogP contribution in [-0.4, -0.2) is 52.2 Å². The van der Waals surface area contributed by atoms with Crippen molar-refractivity contribution >= 4 is 11.6 Å². The van der Waals surface area contributed by atoms with Crippen LogP contribution >= 0.6 is 0 Å². The van der Waals surface area contributed by atoms with E-state index >= 15 is 0 Å². The lowest BCUT2D eigenvalue weighted by molar-refractivity contribution is -0.385. The van der Waals surface area contributed by atoms with Crippen molar-refractivity contribution in [2.45, 2.75) is 18.9 Å². The van der Waals surface area contributed by atoms with Gasteiger partial charge in [0.25, 0.3) is 11.6 Å². The third-order valence-corrected chi connectivity index (χ3v) is 4.11. The van der Waals surface area contributed by atoms with E-state index in [0.29, 0.717) is 24.8 Å². The molecule has 3 rings (SSSR count). The number of methoxy groups -OCH3 is 1. The van der Waals surface area contributed by atoms with Gasteiger partial charge in [-0.05, 0) is 18.9 Å². The number of aromatic nitrogens is 2. The number of hydrogen-bond donors (Lipinski definition) is 0. The Balaban J connectivity index is 1.70. The smallest absolute Gasteiger partial charge is 0.282 e. The van der Waals surface area contributed by atoms with Crippen molar-refractivity contribution in [3.05, 3.63) is 52.1 Å². The standard InChI is InChI=1S/C17H18N4O5/c1-25-15-8-9-16(19-18-15)26-12-5-4-10-20(11-12)17(22)13-6-2-3-7-14(13)21(23)24/h2-3,6-9,12H,4-5,10-11H2,1H3. The van der Waals surface area contributed by atoms with E-state index in [0.717, 1.165) is 12.8 Å². The van der Waals surface area contributed by atoms with Crippen molar-refractivity contribution < 1.29 is 19.2 Å². The predicted octanol–water partition coefficient (Wildman–Crippen LogP) is 2.08. The molecule has 1 aliphatic rings. The van der Waals surface area contributed by atoms with Crippen LogP contribution in [0, 0.1) is 10.1 Å². The van der Waals surface area contributed by atoms with Crippen LogP contribution in [0.25, 0.3) is 0 Å². The summed E-state index contributed by atoms with van der Waals surface area (Å²) in [5.41, 5.74) is -0.107. The van der Waals surface area contributed by atoms with E-state index in [1.165, 1.54) is 19.2 Å². The average molecular weight is 358 g/mol. The Morgan fingerprint density at radius 3 is 2.65 bits per heavy atom. The minimum absolute atomic E-state index is 0.0855. The number of rotatable bonds is 5. The fourth-order valence-electron chi connectivity index (χ4n) is 2.85. The number of carbonyl (C=O) groups is 1. The Labute approximate surface area is 149 Å². The topological polar surface area (TPSA) is 108 Å². The molecule has 136 valence electrons. The molecule has 0 aliphatic carbocycles. The Hall–Kier alpha value is -3.23. The first-order valence-corrected chi connectivity index (χ1v) is 8.15. The minimum atomic E-state index is -0.544. The molecule has 9 nitrogen and oxygen atoms in total. The zero-order valence-corrected chi connectivity index (χ0v) is 14.2. The van der Waals surface area contributed by atoms with E-state index in [1.54, 1.807) is 29.2 Å².